The van der Waals surface area contributed by atoms with Crippen LogP contribution in [0.25, 0.3) is 0 Å². The second kappa shape index (κ2) is 4.86. The third-order valence-corrected chi connectivity index (χ3v) is 2.58. The fourth-order valence-corrected chi connectivity index (χ4v) is 2.09. The van der Waals surface area contributed by atoms with Crippen LogP contribution in [0.2, 0.25) is 0 Å². The Hall–Kier alpha value is -1.05. The summed E-state index contributed by atoms with van der Waals surface area (Å²) in [6.07, 6.45) is 1.97. The number of hydrogen-bond donors (Lipinski definition) is 0. The van der Waals surface area contributed by atoms with Crippen molar-refractivity contribution in [3.05, 3.63) is 33.9 Å². The van der Waals surface area contributed by atoms with Gasteiger partial charge in [0.15, 0.2) is 0 Å². The molecule has 2 nitrogen and oxygen atoms in total. The van der Waals surface area contributed by atoms with Crippen LogP contribution in [0.3, 0.4) is 0 Å². The first-order valence-corrected chi connectivity index (χ1v) is 5.87. The molecule has 0 bridgehead atoms. The van der Waals surface area contributed by atoms with E-state index in [1.54, 1.807) is 6.92 Å². The van der Waals surface area contributed by atoms with Crippen molar-refractivity contribution in [2.75, 3.05) is 0 Å². The molecule has 0 saturated heterocycles. The largest absolute Gasteiger partial charge is 0.428 e. The molecule has 90 valence electrons. The molecule has 1 aromatic heterocycles. The van der Waals surface area contributed by atoms with Gasteiger partial charge in [-0.1, -0.05) is 27.7 Å². The van der Waals surface area contributed by atoms with Gasteiger partial charge < -0.3 is 4.42 Å². The van der Waals surface area contributed by atoms with Crippen LogP contribution in [0, 0.1) is 18.3 Å². The van der Waals surface area contributed by atoms with Crippen molar-refractivity contribution >= 4 is 0 Å². The molecular weight excluding hydrogens is 200 g/mol. The molecule has 1 rings (SSSR count). The van der Waals surface area contributed by atoms with Crippen molar-refractivity contribution in [1.29, 1.82) is 0 Å². The molecule has 0 aliphatic rings. The van der Waals surface area contributed by atoms with Crippen molar-refractivity contribution in [1.82, 2.24) is 0 Å². The fourth-order valence-electron chi connectivity index (χ4n) is 2.09. The molecule has 1 heterocycles. The molecule has 1 atom stereocenters. The quantitative estimate of drug-likeness (QED) is 0.782. The summed E-state index contributed by atoms with van der Waals surface area (Å²) in [4.78, 5) is 11.3. The molecule has 0 spiro atoms. The monoisotopic (exact) mass is 222 g/mol. The van der Waals surface area contributed by atoms with E-state index in [0.717, 1.165) is 18.6 Å². The zero-order valence-electron chi connectivity index (χ0n) is 11.0. The SMILES string of the molecule is Cc1ccc(CC(C)CC(C)(C)C)oc1=O. The van der Waals surface area contributed by atoms with E-state index in [1.807, 2.05) is 12.1 Å². The molecule has 0 amide bonds. The van der Waals surface area contributed by atoms with Crippen molar-refractivity contribution < 1.29 is 4.42 Å². The van der Waals surface area contributed by atoms with Crippen LogP contribution < -0.4 is 5.63 Å². The third-order valence-electron chi connectivity index (χ3n) is 2.58. The topological polar surface area (TPSA) is 30.2 Å². The van der Waals surface area contributed by atoms with E-state index in [9.17, 15) is 4.79 Å². The van der Waals surface area contributed by atoms with Crippen LogP contribution in [-0.4, -0.2) is 0 Å². The van der Waals surface area contributed by atoms with Gasteiger partial charge in [-0.25, -0.2) is 4.79 Å². The molecule has 0 aliphatic carbocycles. The minimum Gasteiger partial charge on any atom is -0.428 e. The Labute approximate surface area is 97.7 Å². The van der Waals surface area contributed by atoms with Gasteiger partial charge in [0, 0.05) is 12.0 Å². The zero-order chi connectivity index (χ0) is 12.3. The predicted octanol–water partition coefficient (Wildman–Crippen LogP) is 3.56. The number of rotatable bonds is 3. The first kappa shape index (κ1) is 13.0. The van der Waals surface area contributed by atoms with Gasteiger partial charge in [0.2, 0.25) is 0 Å². The molecule has 0 N–H and O–H groups in total. The highest BCUT2D eigenvalue weighted by atomic mass is 16.4. The highest BCUT2D eigenvalue weighted by Gasteiger charge is 2.16. The maximum Gasteiger partial charge on any atom is 0.338 e. The lowest BCUT2D eigenvalue weighted by molar-refractivity contribution is 0.292. The van der Waals surface area contributed by atoms with Gasteiger partial charge in [-0.2, -0.15) is 0 Å². The summed E-state index contributed by atoms with van der Waals surface area (Å²) in [7, 11) is 0. The van der Waals surface area contributed by atoms with Crippen LogP contribution >= 0.6 is 0 Å². The highest BCUT2D eigenvalue weighted by Crippen LogP contribution is 2.26. The molecule has 2 heteroatoms. The van der Waals surface area contributed by atoms with Gasteiger partial charge in [0.25, 0.3) is 0 Å². The van der Waals surface area contributed by atoms with E-state index in [2.05, 4.69) is 27.7 Å². The third kappa shape index (κ3) is 4.21. The molecule has 0 aromatic carbocycles. The lowest BCUT2D eigenvalue weighted by atomic mass is 9.84. The summed E-state index contributed by atoms with van der Waals surface area (Å²) in [5.41, 5.74) is 0.789. The predicted molar refractivity (Wildman–Crippen MR) is 66.7 cm³/mol. The van der Waals surface area contributed by atoms with E-state index in [-0.39, 0.29) is 5.63 Å². The summed E-state index contributed by atoms with van der Waals surface area (Å²) < 4.78 is 5.24. The first-order chi connectivity index (χ1) is 7.28. The van der Waals surface area contributed by atoms with Gasteiger partial charge in [-0.3, -0.25) is 0 Å². The highest BCUT2D eigenvalue weighted by molar-refractivity contribution is 5.09. The van der Waals surface area contributed by atoms with Crippen molar-refractivity contribution in [2.24, 2.45) is 11.3 Å². The van der Waals surface area contributed by atoms with Crippen LogP contribution in [0.1, 0.15) is 45.4 Å². The van der Waals surface area contributed by atoms with Crippen LogP contribution in [0.5, 0.6) is 0 Å². The van der Waals surface area contributed by atoms with E-state index in [0.29, 0.717) is 16.9 Å². The maximum absolute atomic E-state index is 11.3. The minimum absolute atomic E-state index is 0.208. The summed E-state index contributed by atoms with van der Waals surface area (Å²) in [5, 5.41) is 0. The molecule has 0 saturated carbocycles. The molecule has 0 aliphatic heterocycles. The minimum atomic E-state index is -0.208. The van der Waals surface area contributed by atoms with Crippen molar-refractivity contribution in [3.8, 4) is 0 Å². The summed E-state index contributed by atoms with van der Waals surface area (Å²) in [6, 6.07) is 3.75. The van der Waals surface area contributed by atoms with E-state index >= 15 is 0 Å². The number of aryl methyl sites for hydroxylation is 1. The summed E-state index contributed by atoms with van der Waals surface area (Å²) in [5.74, 6) is 1.33. The molecule has 1 aromatic rings. The maximum atomic E-state index is 11.3. The van der Waals surface area contributed by atoms with E-state index in [4.69, 9.17) is 4.42 Å². The first-order valence-electron chi connectivity index (χ1n) is 5.87. The fraction of sp³-hybridized carbons (Fsp3) is 0.643. The summed E-state index contributed by atoms with van der Waals surface area (Å²) in [6.45, 7) is 10.7. The van der Waals surface area contributed by atoms with E-state index < -0.39 is 0 Å². The zero-order valence-corrected chi connectivity index (χ0v) is 11.0. The van der Waals surface area contributed by atoms with Gasteiger partial charge in [-0.15, -0.1) is 0 Å². The van der Waals surface area contributed by atoms with Gasteiger partial charge >= 0.3 is 5.63 Å². The summed E-state index contributed by atoms with van der Waals surface area (Å²) >= 11 is 0. The molecule has 0 radical (unpaired) electrons. The average molecular weight is 222 g/mol. The molecule has 16 heavy (non-hydrogen) atoms. The van der Waals surface area contributed by atoms with Gasteiger partial charge in [-0.05, 0) is 36.8 Å². The number of hydrogen-bond acceptors (Lipinski definition) is 2. The lowest BCUT2D eigenvalue weighted by Crippen LogP contribution is -2.14. The van der Waals surface area contributed by atoms with E-state index in [1.165, 1.54) is 0 Å². The van der Waals surface area contributed by atoms with Crippen LogP contribution in [-0.2, 0) is 6.42 Å². The van der Waals surface area contributed by atoms with Crippen LogP contribution in [0.15, 0.2) is 21.3 Å². The lowest BCUT2D eigenvalue weighted by Gasteiger charge is -2.22. The van der Waals surface area contributed by atoms with Crippen molar-refractivity contribution in [2.45, 2.75) is 47.5 Å². The Kier molecular flexibility index (Phi) is 3.95. The molecular formula is C14H22O2. The Morgan fingerprint density at radius 2 is 1.94 bits per heavy atom. The Balaban J connectivity index is 2.67. The molecule has 1 unspecified atom stereocenters. The second-order valence-corrected chi connectivity index (χ2v) is 5.95. The van der Waals surface area contributed by atoms with Crippen LogP contribution in [0.4, 0.5) is 0 Å². The van der Waals surface area contributed by atoms with Gasteiger partial charge in [0.05, 0.1) is 0 Å². The average Bonchev–Trinajstić information content (AvgIpc) is 2.08. The Morgan fingerprint density at radius 3 is 2.44 bits per heavy atom. The smallest absolute Gasteiger partial charge is 0.338 e. The van der Waals surface area contributed by atoms with Gasteiger partial charge in [0.1, 0.15) is 5.76 Å². The Morgan fingerprint density at radius 1 is 1.31 bits per heavy atom. The molecule has 0 fully saturated rings. The standard InChI is InChI=1S/C14H22O2/c1-10(9-14(3,4)5)8-12-7-6-11(2)13(15)16-12/h6-7,10H,8-9H2,1-5H3. The van der Waals surface area contributed by atoms with Crippen molar-refractivity contribution in [3.63, 3.8) is 0 Å². The normalized spacial score (nSPS) is 13.8. The Bertz CT molecular complexity index is 396. The second-order valence-electron chi connectivity index (χ2n) is 5.95.